The number of amides is 2. The molecule has 2 aliphatic rings. The van der Waals surface area contributed by atoms with Gasteiger partial charge in [-0.3, -0.25) is 14.4 Å². The van der Waals surface area contributed by atoms with E-state index >= 15 is 0 Å². The number of hydrogen-bond donors (Lipinski definition) is 2. The van der Waals surface area contributed by atoms with Crippen LogP contribution in [0.2, 0.25) is 5.02 Å². The number of hydrogen-bond acceptors (Lipinski definition) is 4. The molecule has 2 fully saturated rings. The normalized spacial score (nSPS) is 17.1. The first-order valence-corrected chi connectivity index (χ1v) is 11.0. The van der Waals surface area contributed by atoms with Crippen LogP contribution in [-0.2, 0) is 19.7 Å². The first-order chi connectivity index (χ1) is 15.0. The molecule has 162 valence electrons. The Morgan fingerprint density at radius 1 is 1.00 bits per heavy atom. The second-order valence-corrected chi connectivity index (χ2v) is 8.65. The Hall–Kier alpha value is -2.86. The molecule has 0 aromatic heterocycles. The number of esters is 1. The number of halogens is 1. The van der Waals surface area contributed by atoms with Crippen molar-refractivity contribution in [2.45, 2.75) is 50.0 Å². The molecule has 0 heterocycles. The molecule has 0 bridgehead atoms. The summed E-state index contributed by atoms with van der Waals surface area (Å²) in [5, 5.41) is 6.22. The zero-order chi connectivity index (χ0) is 21.8. The summed E-state index contributed by atoms with van der Waals surface area (Å²) in [4.78, 5) is 37.9. The average Bonchev–Trinajstić information content (AvgIpc) is 3.44. The third kappa shape index (κ3) is 4.90. The number of anilines is 1. The van der Waals surface area contributed by atoms with Gasteiger partial charge >= 0.3 is 5.97 Å². The molecular formula is C24H25ClN2O4. The molecule has 31 heavy (non-hydrogen) atoms. The van der Waals surface area contributed by atoms with Gasteiger partial charge in [-0.2, -0.15) is 0 Å². The topological polar surface area (TPSA) is 84.5 Å². The lowest BCUT2D eigenvalue weighted by Crippen LogP contribution is -2.36. The molecule has 2 amide bonds. The van der Waals surface area contributed by atoms with E-state index in [4.69, 9.17) is 16.3 Å². The van der Waals surface area contributed by atoms with Crippen molar-refractivity contribution >= 4 is 35.1 Å². The molecule has 0 unspecified atom stereocenters. The van der Waals surface area contributed by atoms with Gasteiger partial charge in [-0.25, -0.2) is 0 Å². The zero-order valence-electron chi connectivity index (χ0n) is 17.2. The number of carbonyl (C=O) groups excluding carboxylic acids is 3. The standard InChI is InChI=1S/C24H25ClN2O4/c25-17-9-7-16(8-10-17)24(13-3-4-14-24)23(30)31-15-21(28)27-20-6-2-1-5-19(20)22(29)26-18-11-12-18/h1-2,5-10,18H,3-4,11-15H2,(H,26,29)(H,27,28). The van der Waals surface area contributed by atoms with Crippen LogP contribution in [0, 0.1) is 0 Å². The lowest BCUT2D eigenvalue weighted by atomic mass is 9.79. The Morgan fingerprint density at radius 3 is 2.35 bits per heavy atom. The maximum absolute atomic E-state index is 13.0. The summed E-state index contributed by atoms with van der Waals surface area (Å²) >= 11 is 5.99. The second-order valence-electron chi connectivity index (χ2n) is 8.21. The maximum Gasteiger partial charge on any atom is 0.317 e. The molecule has 0 atom stereocenters. The van der Waals surface area contributed by atoms with Crippen LogP contribution >= 0.6 is 11.6 Å². The first-order valence-electron chi connectivity index (χ1n) is 10.6. The van der Waals surface area contributed by atoms with Crippen molar-refractivity contribution in [2.24, 2.45) is 0 Å². The molecule has 2 aromatic carbocycles. The highest BCUT2D eigenvalue weighted by Crippen LogP contribution is 2.42. The fourth-order valence-electron chi connectivity index (χ4n) is 4.09. The first kappa shape index (κ1) is 21.4. The van der Waals surface area contributed by atoms with Gasteiger partial charge in [0.15, 0.2) is 6.61 Å². The molecule has 0 saturated heterocycles. The van der Waals surface area contributed by atoms with Gasteiger partial charge in [0.2, 0.25) is 0 Å². The largest absolute Gasteiger partial charge is 0.455 e. The van der Waals surface area contributed by atoms with Crippen LogP contribution in [0.25, 0.3) is 0 Å². The van der Waals surface area contributed by atoms with Gasteiger partial charge in [-0.05, 0) is 55.5 Å². The number of benzene rings is 2. The summed E-state index contributed by atoms with van der Waals surface area (Å²) in [6.45, 7) is -0.410. The van der Waals surface area contributed by atoms with Gasteiger partial charge in [-0.1, -0.05) is 48.7 Å². The zero-order valence-corrected chi connectivity index (χ0v) is 17.9. The van der Waals surface area contributed by atoms with E-state index < -0.39 is 23.9 Å². The van der Waals surface area contributed by atoms with Crippen molar-refractivity contribution in [3.8, 4) is 0 Å². The molecule has 2 saturated carbocycles. The molecule has 2 aromatic rings. The molecule has 7 heteroatoms. The summed E-state index contributed by atoms with van der Waals surface area (Å²) in [6.07, 6.45) is 5.16. The molecule has 0 radical (unpaired) electrons. The molecule has 2 aliphatic carbocycles. The van der Waals surface area contributed by atoms with Crippen LogP contribution in [0.5, 0.6) is 0 Å². The summed E-state index contributed by atoms with van der Waals surface area (Å²) in [5.74, 6) is -1.10. The fourth-order valence-corrected chi connectivity index (χ4v) is 4.22. The Morgan fingerprint density at radius 2 is 1.68 bits per heavy atom. The minimum atomic E-state index is -0.743. The molecular weight excluding hydrogens is 416 g/mol. The minimum Gasteiger partial charge on any atom is -0.455 e. The predicted octanol–water partition coefficient (Wildman–Crippen LogP) is 4.23. The van der Waals surface area contributed by atoms with E-state index in [2.05, 4.69) is 10.6 Å². The molecule has 2 N–H and O–H groups in total. The maximum atomic E-state index is 13.0. The molecule has 4 rings (SSSR count). The van der Waals surface area contributed by atoms with Gasteiger partial charge in [0, 0.05) is 11.1 Å². The fraction of sp³-hybridized carbons (Fsp3) is 0.375. The predicted molar refractivity (Wildman–Crippen MR) is 118 cm³/mol. The van der Waals surface area contributed by atoms with Gasteiger partial charge in [0.05, 0.1) is 16.7 Å². The summed E-state index contributed by atoms with van der Waals surface area (Å²) in [7, 11) is 0. The Bertz CT molecular complexity index is 979. The van der Waals surface area contributed by atoms with Crippen molar-refractivity contribution in [1.29, 1.82) is 0 Å². The summed E-state index contributed by atoms with van der Waals surface area (Å²) in [5.41, 5.74) is 0.909. The Balaban J connectivity index is 1.40. The second kappa shape index (κ2) is 9.10. The van der Waals surface area contributed by atoms with E-state index in [0.29, 0.717) is 29.1 Å². The van der Waals surface area contributed by atoms with Crippen LogP contribution in [0.15, 0.2) is 48.5 Å². The van der Waals surface area contributed by atoms with Crippen molar-refractivity contribution in [2.75, 3.05) is 11.9 Å². The quantitative estimate of drug-likeness (QED) is 0.631. The number of nitrogens with one attached hydrogen (secondary N) is 2. The lowest BCUT2D eigenvalue weighted by Gasteiger charge is -2.27. The van der Waals surface area contributed by atoms with Gasteiger partial charge in [0.25, 0.3) is 11.8 Å². The van der Waals surface area contributed by atoms with E-state index in [9.17, 15) is 14.4 Å². The lowest BCUT2D eigenvalue weighted by molar-refractivity contribution is -0.153. The molecule has 0 aliphatic heterocycles. The van der Waals surface area contributed by atoms with E-state index in [1.54, 1.807) is 36.4 Å². The van der Waals surface area contributed by atoms with E-state index in [1.807, 2.05) is 12.1 Å². The smallest absolute Gasteiger partial charge is 0.317 e. The number of ether oxygens (including phenoxy) is 1. The number of rotatable bonds is 7. The minimum absolute atomic E-state index is 0.215. The number of carbonyl (C=O) groups is 3. The van der Waals surface area contributed by atoms with E-state index in [1.165, 1.54) is 0 Å². The molecule has 6 nitrogen and oxygen atoms in total. The third-order valence-electron chi connectivity index (χ3n) is 5.94. The van der Waals surface area contributed by atoms with E-state index in [0.717, 1.165) is 31.2 Å². The summed E-state index contributed by atoms with van der Waals surface area (Å²) < 4.78 is 5.44. The number of para-hydroxylation sites is 1. The van der Waals surface area contributed by atoms with Crippen LogP contribution in [-0.4, -0.2) is 30.4 Å². The van der Waals surface area contributed by atoms with Gasteiger partial charge < -0.3 is 15.4 Å². The SMILES string of the molecule is O=C(COC(=O)C1(c2ccc(Cl)cc2)CCCC1)Nc1ccccc1C(=O)NC1CC1. The highest BCUT2D eigenvalue weighted by atomic mass is 35.5. The Labute approximate surface area is 186 Å². The monoisotopic (exact) mass is 440 g/mol. The highest BCUT2D eigenvalue weighted by molar-refractivity contribution is 6.30. The summed E-state index contributed by atoms with van der Waals surface area (Å²) in [6, 6.07) is 14.2. The molecule has 0 spiro atoms. The van der Waals surface area contributed by atoms with Crippen LogP contribution in [0.1, 0.15) is 54.4 Å². The van der Waals surface area contributed by atoms with Crippen molar-refractivity contribution in [3.63, 3.8) is 0 Å². The van der Waals surface area contributed by atoms with Crippen LogP contribution < -0.4 is 10.6 Å². The van der Waals surface area contributed by atoms with Crippen molar-refractivity contribution < 1.29 is 19.1 Å². The van der Waals surface area contributed by atoms with Crippen LogP contribution in [0.3, 0.4) is 0 Å². The Kier molecular flexibility index (Phi) is 6.28. The third-order valence-corrected chi connectivity index (χ3v) is 6.19. The van der Waals surface area contributed by atoms with Crippen molar-refractivity contribution in [1.82, 2.24) is 5.32 Å². The van der Waals surface area contributed by atoms with Crippen LogP contribution in [0.4, 0.5) is 5.69 Å². The highest BCUT2D eigenvalue weighted by Gasteiger charge is 2.44. The van der Waals surface area contributed by atoms with Crippen molar-refractivity contribution in [3.05, 3.63) is 64.7 Å². The van der Waals surface area contributed by atoms with Gasteiger partial charge in [-0.15, -0.1) is 0 Å². The van der Waals surface area contributed by atoms with E-state index in [-0.39, 0.29) is 11.9 Å². The van der Waals surface area contributed by atoms with Gasteiger partial charge in [0.1, 0.15) is 0 Å². The average molecular weight is 441 g/mol.